The van der Waals surface area contributed by atoms with Gasteiger partial charge in [0.2, 0.25) is 0 Å². The van der Waals surface area contributed by atoms with E-state index in [0.29, 0.717) is 0 Å². The highest BCUT2D eigenvalue weighted by Gasteiger charge is 2.04. The Morgan fingerprint density at radius 3 is 2.33 bits per heavy atom. The van der Waals surface area contributed by atoms with Gasteiger partial charge in [0.1, 0.15) is 0 Å². The van der Waals surface area contributed by atoms with E-state index in [1.54, 1.807) is 11.3 Å². The van der Waals surface area contributed by atoms with E-state index < -0.39 is 0 Å². The number of thiazole rings is 1. The Morgan fingerprint density at radius 2 is 1.83 bits per heavy atom. The van der Waals surface area contributed by atoms with E-state index in [2.05, 4.69) is 46.4 Å². The molecule has 0 unspecified atom stereocenters. The predicted octanol–water partition coefficient (Wildman–Crippen LogP) is 3.44. The molecule has 3 nitrogen and oxygen atoms in total. The van der Waals surface area contributed by atoms with Gasteiger partial charge in [-0.3, -0.25) is 0 Å². The van der Waals surface area contributed by atoms with Crippen molar-refractivity contribution < 1.29 is 0 Å². The minimum Gasteiger partial charge on any atom is -0.380 e. The lowest BCUT2D eigenvalue weighted by Crippen LogP contribution is -2.08. The van der Waals surface area contributed by atoms with Crippen LogP contribution in [0.5, 0.6) is 0 Å². The van der Waals surface area contributed by atoms with Crippen LogP contribution in [0.4, 0.5) is 11.4 Å². The Labute approximate surface area is 112 Å². The van der Waals surface area contributed by atoms with Crippen molar-refractivity contribution in [2.45, 2.75) is 20.4 Å². The number of hydrogen-bond donors (Lipinski definition) is 1. The van der Waals surface area contributed by atoms with Gasteiger partial charge in [0.15, 0.2) is 0 Å². The fourth-order valence-corrected chi connectivity index (χ4v) is 2.67. The normalized spacial score (nSPS) is 10.4. The van der Waals surface area contributed by atoms with Crippen molar-refractivity contribution in [2.75, 3.05) is 24.3 Å². The Hall–Kier alpha value is -1.55. The molecule has 0 bridgehead atoms. The molecule has 0 saturated carbocycles. The molecule has 0 radical (unpaired) electrons. The summed E-state index contributed by atoms with van der Waals surface area (Å²) in [5.74, 6) is 0. The van der Waals surface area contributed by atoms with Crippen molar-refractivity contribution in [1.29, 1.82) is 0 Å². The third-order valence-electron chi connectivity index (χ3n) is 2.84. The van der Waals surface area contributed by atoms with Crippen LogP contribution in [0.25, 0.3) is 0 Å². The first-order valence-electron chi connectivity index (χ1n) is 6.00. The van der Waals surface area contributed by atoms with Gasteiger partial charge in [-0.15, -0.1) is 11.3 Å². The van der Waals surface area contributed by atoms with Crippen LogP contribution in [-0.2, 0) is 6.54 Å². The number of aromatic nitrogens is 1. The molecule has 2 rings (SSSR count). The SMILES string of the molecule is Cc1nc(C)c(CNc2ccc(N(C)C)cc2)s1. The summed E-state index contributed by atoms with van der Waals surface area (Å²) in [5.41, 5.74) is 3.49. The van der Waals surface area contributed by atoms with E-state index >= 15 is 0 Å². The van der Waals surface area contributed by atoms with Crippen molar-refractivity contribution in [1.82, 2.24) is 4.98 Å². The fraction of sp³-hybridized carbons (Fsp3) is 0.357. The van der Waals surface area contributed by atoms with Crippen LogP contribution in [0.3, 0.4) is 0 Å². The number of rotatable bonds is 4. The van der Waals surface area contributed by atoms with E-state index in [9.17, 15) is 0 Å². The molecule has 18 heavy (non-hydrogen) atoms. The topological polar surface area (TPSA) is 28.2 Å². The van der Waals surface area contributed by atoms with Gasteiger partial charge in [-0.05, 0) is 38.1 Å². The second-order valence-corrected chi connectivity index (χ2v) is 5.82. The quantitative estimate of drug-likeness (QED) is 0.914. The zero-order valence-corrected chi connectivity index (χ0v) is 12.1. The molecule has 4 heteroatoms. The molecular formula is C14H19N3S. The Morgan fingerprint density at radius 1 is 1.17 bits per heavy atom. The van der Waals surface area contributed by atoms with Gasteiger partial charge in [-0.25, -0.2) is 4.98 Å². The lowest BCUT2D eigenvalue weighted by atomic mass is 10.2. The molecule has 0 spiro atoms. The lowest BCUT2D eigenvalue weighted by molar-refractivity contribution is 1.10. The summed E-state index contributed by atoms with van der Waals surface area (Å²) in [5, 5.41) is 4.56. The van der Waals surface area contributed by atoms with Crippen molar-refractivity contribution in [3.05, 3.63) is 39.8 Å². The van der Waals surface area contributed by atoms with Crippen LogP contribution in [0.2, 0.25) is 0 Å². The zero-order valence-electron chi connectivity index (χ0n) is 11.3. The molecule has 0 saturated heterocycles. The molecule has 0 aliphatic rings. The molecule has 1 heterocycles. The number of nitrogens with one attached hydrogen (secondary N) is 1. The lowest BCUT2D eigenvalue weighted by Gasteiger charge is -2.13. The van der Waals surface area contributed by atoms with Crippen LogP contribution < -0.4 is 10.2 Å². The molecule has 1 aromatic heterocycles. The molecular weight excluding hydrogens is 242 g/mol. The predicted molar refractivity (Wildman–Crippen MR) is 79.7 cm³/mol. The van der Waals surface area contributed by atoms with Crippen molar-refractivity contribution >= 4 is 22.7 Å². The highest BCUT2D eigenvalue weighted by molar-refractivity contribution is 7.11. The fourth-order valence-electron chi connectivity index (χ4n) is 1.80. The van der Waals surface area contributed by atoms with Gasteiger partial charge < -0.3 is 10.2 Å². The molecule has 0 aliphatic carbocycles. The second kappa shape index (κ2) is 5.40. The number of nitrogens with zero attached hydrogens (tertiary/aromatic N) is 2. The summed E-state index contributed by atoms with van der Waals surface area (Å²) in [6.45, 7) is 4.96. The van der Waals surface area contributed by atoms with Gasteiger partial charge >= 0.3 is 0 Å². The molecule has 0 fully saturated rings. The average molecular weight is 261 g/mol. The maximum Gasteiger partial charge on any atom is 0.0900 e. The smallest absolute Gasteiger partial charge is 0.0900 e. The third kappa shape index (κ3) is 3.01. The number of aryl methyl sites for hydroxylation is 2. The van der Waals surface area contributed by atoms with E-state index in [-0.39, 0.29) is 0 Å². The molecule has 1 N–H and O–H groups in total. The van der Waals surface area contributed by atoms with Crippen LogP contribution in [-0.4, -0.2) is 19.1 Å². The van der Waals surface area contributed by atoms with Gasteiger partial charge in [0.25, 0.3) is 0 Å². The van der Waals surface area contributed by atoms with Gasteiger partial charge in [-0.2, -0.15) is 0 Å². The van der Waals surface area contributed by atoms with Crippen LogP contribution >= 0.6 is 11.3 Å². The van der Waals surface area contributed by atoms with E-state index in [1.165, 1.54) is 10.6 Å². The summed E-state index contributed by atoms with van der Waals surface area (Å²) in [6, 6.07) is 8.46. The van der Waals surface area contributed by atoms with Crippen LogP contribution in [0.15, 0.2) is 24.3 Å². The monoisotopic (exact) mass is 261 g/mol. The first-order chi connectivity index (χ1) is 8.56. The Bertz CT molecular complexity index is 514. The third-order valence-corrected chi connectivity index (χ3v) is 3.91. The minimum absolute atomic E-state index is 0.846. The van der Waals surface area contributed by atoms with Crippen molar-refractivity contribution in [2.24, 2.45) is 0 Å². The standard InChI is InChI=1S/C14H19N3S/c1-10-14(18-11(2)16-10)9-15-12-5-7-13(8-6-12)17(3)4/h5-8,15H,9H2,1-4H3. The van der Waals surface area contributed by atoms with Crippen molar-refractivity contribution in [3.63, 3.8) is 0 Å². The van der Waals surface area contributed by atoms with Gasteiger partial charge in [-0.1, -0.05) is 0 Å². The second-order valence-electron chi connectivity index (χ2n) is 4.54. The molecule has 96 valence electrons. The van der Waals surface area contributed by atoms with Crippen LogP contribution in [0, 0.1) is 13.8 Å². The summed E-state index contributed by atoms with van der Waals surface area (Å²) < 4.78 is 0. The largest absolute Gasteiger partial charge is 0.380 e. The number of anilines is 2. The van der Waals surface area contributed by atoms with Crippen LogP contribution in [0.1, 0.15) is 15.6 Å². The number of benzene rings is 1. The summed E-state index contributed by atoms with van der Waals surface area (Å²) in [6.07, 6.45) is 0. The minimum atomic E-state index is 0.846. The number of hydrogen-bond acceptors (Lipinski definition) is 4. The maximum atomic E-state index is 4.43. The van der Waals surface area contributed by atoms with E-state index in [4.69, 9.17) is 0 Å². The first kappa shape index (κ1) is 12.9. The first-order valence-corrected chi connectivity index (χ1v) is 6.82. The average Bonchev–Trinajstić information content (AvgIpc) is 2.66. The Kier molecular flexibility index (Phi) is 3.87. The maximum absolute atomic E-state index is 4.43. The summed E-state index contributed by atoms with van der Waals surface area (Å²) in [7, 11) is 4.10. The molecule has 1 aromatic carbocycles. The van der Waals surface area contributed by atoms with Gasteiger partial charge in [0, 0.05) is 30.3 Å². The summed E-state index contributed by atoms with van der Waals surface area (Å²) >= 11 is 1.76. The molecule has 0 aliphatic heterocycles. The zero-order chi connectivity index (χ0) is 13.1. The van der Waals surface area contributed by atoms with Gasteiger partial charge in [0.05, 0.1) is 17.2 Å². The highest BCUT2D eigenvalue weighted by Crippen LogP contribution is 2.20. The van der Waals surface area contributed by atoms with E-state index in [0.717, 1.165) is 22.9 Å². The molecule has 2 aromatic rings. The molecule has 0 amide bonds. The molecule has 0 atom stereocenters. The highest BCUT2D eigenvalue weighted by atomic mass is 32.1. The van der Waals surface area contributed by atoms with E-state index in [1.807, 2.05) is 21.0 Å². The van der Waals surface area contributed by atoms with Crippen molar-refractivity contribution in [3.8, 4) is 0 Å². The summed E-state index contributed by atoms with van der Waals surface area (Å²) in [4.78, 5) is 7.84. The Balaban J connectivity index is 2.00.